The van der Waals surface area contributed by atoms with Gasteiger partial charge in [-0.05, 0) is 69.2 Å². The fourth-order valence-electron chi connectivity index (χ4n) is 3.77. The molecule has 1 heterocycles. The van der Waals surface area contributed by atoms with Gasteiger partial charge in [-0.25, -0.2) is 0 Å². The summed E-state index contributed by atoms with van der Waals surface area (Å²) in [6.07, 6.45) is 13.5. The molecule has 0 aliphatic carbocycles. The zero-order chi connectivity index (χ0) is 22.9. The standard InChI is InChI=1S/C25H42N6O/c26-22(11-7-4-2-1-3-5-9-17-31-25(27)28)12-8-6-10-20-32-23-15-13-21(14-16-23)24-29-18-19-30-24/h13-16,26H,1-12,17-20H2,(H,29,30)(H4,27,28,31). The topological polar surface area (TPSA) is 122 Å². The summed E-state index contributed by atoms with van der Waals surface area (Å²) in [6.45, 7) is 3.26. The quantitative estimate of drug-likeness (QED) is 0.153. The fraction of sp³-hybridized carbons (Fsp3) is 0.640. The lowest BCUT2D eigenvalue weighted by atomic mass is 10.0. The van der Waals surface area contributed by atoms with Crippen LogP contribution in [0.1, 0.15) is 82.6 Å². The lowest BCUT2D eigenvalue weighted by Gasteiger charge is -2.08. The molecule has 0 spiro atoms. The molecule has 1 aliphatic heterocycles. The molecule has 0 radical (unpaired) electrons. The Bertz CT molecular complexity index is 710. The van der Waals surface area contributed by atoms with E-state index in [2.05, 4.69) is 27.4 Å². The molecule has 0 saturated heterocycles. The zero-order valence-corrected chi connectivity index (χ0v) is 19.6. The summed E-state index contributed by atoms with van der Waals surface area (Å²) in [4.78, 5) is 8.43. The average Bonchev–Trinajstić information content (AvgIpc) is 3.32. The second-order valence-corrected chi connectivity index (χ2v) is 8.48. The summed E-state index contributed by atoms with van der Waals surface area (Å²) in [5.41, 5.74) is 12.6. The maximum atomic E-state index is 8.14. The Hall–Kier alpha value is -2.57. The van der Waals surface area contributed by atoms with Gasteiger partial charge in [0, 0.05) is 24.4 Å². The molecule has 0 unspecified atom stereocenters. The van der Waals surface area contributed by atoms with Crippen molar-refractivity contribution in [2.45, 2.75) is 77.0 Å². The van der Waals surface area contributed by atoms with E-state index in [1.165, 1.54) is 32.1 Å². The normalized spacial score (nSPS) is 12.8. The Labute approximate surface area is 193 Å². The number of benzene rings is 1. The van der Waals surface area contributed by atoms with Gasteiger partial charge in [0.1, 0.15) is 11.6 Å². The molecule has 0 aromatic heterocycles. The van der Waals surface area contributed by atoms with Gasteiger partial charge < -0.3 is 26.9 Å². The molecule has 7 nitrogen and oxygen atoms in total. The monoisotopic (exact) mass is 442 g/mol. The fourth-order valence-corrected chi connectivity index (χ4v) is 3.77. The first kappa shape index (κ1) is 25.7. The summed E-state index contributed by atoms with van der Waals surface area (Å²) >= 11 is 0. The predicted molar refractivity (Wildman–Crippen MR) is 135 cm³/mol. The smallest absolute Gasteiger partial charge is 0.185 e. The molecular weight excluding hydrogens is 400 g/mol. The number of ether oxygens (including phenoxy) is 1. The summed E-state index contributed by atoms with van der Waals surface area (Å²) < 4.78 is 5.84. The number of rotatable bonds is 18. The van der Waals surface area contributed by atoms with Crippen molar-refractivity contribution < 1.29 is 4.74 Å². The van der Waals surface area contributed by atoms with Gasteiger partial charge >= 0.3 is 0 Å². The molecule has 1 aromatic rings. The predicted octanol–water partition coefficient (Wildman–Crippen LogP) is 4.39. The number of hydrogen-bond acceptors (Lipinski definition) is 5. The van der Waals surface area contributed by atoms with Crippen LogP contribution in [-0.2, 0) is 0 Å². The summed E-state index contributed by atoms with van der Waals surface area (Å²) in [5.74, 6) is 2.08. The number of nitrogens with two attached hydrogens (primary N) is 2. The van der Waals surface area contributed by atoms with Crippen molar-refractivity contribution in [2.75, 3.05) is 26.2 Å². The van der Waals surface area contributed by atoms with Crippen molar-refractivity contribution in [3.8, 4) is 5.75 Å². The maximum absolute atomic E-state index is 8.14. The lowest BCUT2D eigenvalue weighted by Crippen LogP contribution is -2.22. The Morgan fingerprint density at radius 2 is 1.53 bits per heavy atom. The van der Waals surface area contributed by atoms with Crippen LogP contribution in [0.2, 0.25) is 0 Å². The van der Waals surface area contributed by atoms with Crippen LogP contribution in [0.25, 0.3) is 0 Å². The van der Waals surface area contributed by atoms with Crippen LogP contribution in [0.4, 0.5) is 0 Å². The van der Waals surface area contributed by atoms with Gasteiger partial charge in [0.25, 0.3) is 0 Å². The number of aliphatic imine (C=N–C) groups is 2. The molecule has 32 heavy (non-hydrogen) atoms. The molecule has 6 N–H and O–H groups in total. The molecule has 178 valence electrons. The summed E-state index contributed by atoms with van der Waals surface area (Å²) in [6, 6.07) is 8.15. The third-order valence-corrected chi connectivity index (χ3v) is 5.62. The van der Waals surface area contributed by atoms with E-state index in [0.29, 0.717) is 0 Å². The van der Waals surface area contributed by atoms with Gasteiger partial charge in [0.2, 0.25) is 0 Å². The minimum atomic E-state index is 0.190. The van der Waals surface area contributed by atoms with Crippen LogP contribution >= 0.6 is 0 Å². The highest BCUT2D eigenvalue weighted by Gasteiger charge is 2.07. The minimum absolute atomic E-state index is 0.190. The van der Waals surface area contributed by atoms with E-state index in [-0.39, 0.29) is 5.96 Å². The first-order chi connectivity index (χ1) is 15.6. The van der Waals surface area contributed by atoms with Crippen molar-refractivity contribution in [3.63, 3.8) is 0 Å². The van der Waals surface area contributed by atoms with Gasteiger partial charge in [-0.3, -0.25) is 9.98 Å². The van der Waals surface area contributed by atoms with E-state index in [9.17, 15) is 0 Å². The van der Waals surface area contributed by atoms with Crippen LogP contribution in [0.15, 0.2) is 34.3 Å². The number of nitrogens with zero attached hydrogens (tertiary/aromatic N) is 2. The van der Waals surface area contributed by atoms with Crippen molar-refractivity contribution >= 4 is 17.5 Å². The van der Waals surface area contributed by atoms with E-state index in [1.807, 2.05) is 12.1 Å². The molecule has 0 atom stereocenters. The second kappa shape index (κ2) is 16.1. The molecule has 0 saturated carbocycles. The first-order valence-corrected chi connectivity index (χ1v) is 12.3. The van der Waals surface area contributed by atoms with Crippen molar-refractivity contribution in [2.24, 2.45) is 21.5 Å². The van der Waals surface area contributed by atoms with Gasteiger partial charge in [0.05, 0.1) is 13.2 Å². The molecular formula is C25H42N6O. The van der Waals surface area contributed by atoms with Crippen molar-refractivity contribution in [1.82, 2.24) is 5.32 Å². The maximum Gasteiger partial charge on any atom is 0.185 e. The molecule has 2 rings (SSSR count). The number of hydrogen-bond donors (Lipinski definition) is 4. The lowest BCUT2D eigenvalue weighted by molar-refractivity contribution is 0.305. The highest BCUT2D eigenvalue weighted by atomic mass is 16.5. The Balaban J connectivity index is 1.37. The van der Waals surface area contributed by atoms with Gasteiger partial charge in [0.15, 0.2) is 5.96 Å². The average molecular weight is 443 g/mol. The number of unbranched alkanes of at least 4 members (excludes halogenated alkanes) is 8. The third kappa shape index (κ3) is 11.7. The van der Waals surface area contributed by atoms with E-state index in [0.717, 1.165) is 94.0 Å². The third-order valence-electron chi connectivity index (χ3n) is 5.62. The summed E-state index contributed by atoms with van der Waals surface area (Å²) in [7, 11) is 0. The van der Waals surface area contributed by atoms with E-state index < -0.39 is 0 Å². The van der Waals surface area contributed by atoms with Crippen molar-refractivity contribution in [3.05, 3.63) is 29.8 Å². The van der Waals surface area contributed by atoms with Crippen LogP contribution < -0.4 is 21.5 Å². The van der Waals surface area contributed by atoms with E-state index >= 15 is 0 Å². The Kier molecular flexibility index (Phi) is 12.9. The Morgan fingerprint density at radius 3 is 2.16 bits per heavy atom. The van der Waals surface area contributed by atoms with Gasteiger partial charge in [-0.2, -0.15) is 0 Å². The molecule has 1 aromatic carbocycles. The molecule has 0 fully saturated rings. The van der Waals surface area contributed by atoms with Crippen LogP contribution in [0.3, 0.4) is 0 Å². The number of guanidine groups is 1. The Morgan fingerprint density at radius 1 is 0.906 bits per heavy atom. The number of nitrogens with one attached hydrogen (secondary N) is 2. The largest absolute Gasteiger partial charge is 0.494 e. The number of amidine groups is 1. The van der Waals surface area contributed by atoms with Gasteiger partial charge in [-0.1, -0.05) is 32.1 Å². The van der Waals surface area contributed by atoms with Gasteiger partial charge in [-0.15, -0.1) is 0 Å². The highest BCUT2D eigenvalue weighted by molar-refractivity contribution is 5.99. The second-order valence-electron chi connectivity index (χ2n) is 8.48. The van der Waals surface area contributed by atoms with E-state index in [1.54, 1.807) is 0 Å². The van der Waals surface area contributed by atoms with E-state index in [4.69, 9.17) is 21.6 Å². The van der Waals surface area contributed by atoms with Crippen LogP contribution in [0, 0.1) is 5.41 Å². The van der Waals surface area contributed by atoms with Crippen molar-refractivity contribution in [1.29, 1.82) is 5.41 Å². The minimum Gasteiger partial charge on any atom is -0.494 e. The molecule has 7 heteroatoms. The molecule has 0 amide bonds. The highest BCUT2D eigenvalue weighted by Crippen LogP contribution is 2.15. The van der Waals surface area contributed by atoms with Crippen LogP contribution in [-0.4, -0.2) is 43.7 Å². The first-order valence-electron chi connectivity index (χ1n) is 12.3. The molecule has 1 aliphatic rings. The zero-order valence-electron chi connectivity index (χ0n) is 19.6. The SMILES string of the molecule is N=C(CCCCCCCCCN=C(N)N)CCCCCOc1ccc(C2=NCCN2)cc1. The summed E-state index contributed by atoms with van der Waals surface area (Å²) in [5, 5.41) is 11.4. The molecule has 0 bridgehead atoms. The van der Waals surface area contributed by atoms with Crippen LogP contribution in [0.5, 0.6) is 5.75 Å².